The molecule has 1 spiro atoms. The second-order valence-electron chi connectivity index (χ2n) is 5.45. The molecule has 0 unspecified atom stereocenters. The number of carbonyl (C=O) groups excluding carboxylic acids is 1. The second kappa shape index (κ2) is 5.40. The van der Waals surface area contributed by atoms with Gasteiger partial charge in [-0.25, -0.2) is 9.18 Å². The molecule has 20 heavy (non-hydrogen) atoms. The van der Waals surface area contributed by atoms with Crippen LogP contribution in [0.2, 0.25) is 0 Å². The summed E-state index contributed by atoms with van der Waals surface area (Å²) in [4.78, 5) is 14.2. The number of anilines is 1. The highest BCUT2D eigenvalue weighted by Crippen LogP contribution is 2.38. The molecule has 0 radical (unpaired) electrons. The third-order valence-electron chi connectivity index (χ3n) is 4.13. The van der Waals surface area contributed by atoms with Gasteiger partial charge in [-0.3, -0.25) is 4.90 Å². The predicted octanol–water partition coefficient (Wildman–Crippen LogP) is 3.35. The largest absolute Gasteiger partial charge is 0.354 e. The third kappa shape index (κ3) is 2.50. The molecule has 1 aromatic rings. The zero-order chi connectivity index (χ0) is 14.0. The first-order valence-electron chi connectivity index (χ1n) is 7.18. The molecule has 108 valence electrons. The van der Waals surface area contributed by atoms with Crippen LogP contribution < -0.4 is 5.32 Å². The number of nitrogens with zero attached hydrogens (tertiary/aromatic N) is 1. The minimum Gasteiger partial charge on any atom is -0.354 e. The zero-order valence-corrected chi connectivity index (χ0v) is 11.4. The number of nitrogens with one attached hydrogen (secondary N) is 1. The molecule has 1 aromatic carbocycles. The van der Waals surface area contributed by atoms with Gasteiger partial charge >= 0.3 is 6.03 Å². The van der Waals surface area contributed by atoms with Crippen LogP contribution in [0.3, 0.4) is 0 Å². The molecule has 1 N–H and O–H groups in total. The van der Waals surface area contributed by atoms with E-state index in [-0.39, 0.29) is 11.8 Å². The number of hydrogen-bond acceptors (Lipinski definition) is 2. The topological polar surface area (TPSA) is 41.6 Å². The Labute approximate surface area is 117 Å². The number of amides is 2. The Morgan fingerprint density at radius 2 is 2.10 bits per heavy atom. The standard InChI is InChI=1S/C15H19FN2O2/c16-12-5-4-6-13(11-12)17-14(19)18-9-10-20-15(18)7-2-1-3-8-15/h4-6,11H,1-3,7-10H2,(H,17,19). The van der Waals surface area contributed by atoms with Gasteiger partial charge < -0.3 is 10.1 Å². The van der Waals surface area contributed by atoms with Crippen LogP contribution >= 0.6 is 0 Å². The highest BCUT2D eigenvalue weighted by atomic mass is 19.1. The lowest BCUT2D eigenvalue weighted by Gasteiger charge is -2.39. The molecule has 1 aliphatic carbocycles. The fraction of sp³-hybridized carbons (Fsp3) is 0.533. The van der Waals surface area contributed by atoms with Crippen molar-refractivity contribution in [2.24, 2.45) is 0 Å². The minimum absolute atomic E-state index is 0.199. The Morgan fingerprint density at radius 3 is 2.85 bits per heavy atom. The molecule has 2 fully saturated rings. The van der Waals surface area contributed by atoms with E-state index in [4.69, 9.17) is 4.74 Å². The second-order valence-corrected chi connectivity index (χ2v) is 5.45. The predicted molar refractivity (Wildman–Crippen MR) is 73.9 cm³/mol. The number of hydrogen-bond donors (Lipinski definition) is 1. The molecule has 5 heteroatoms. The van der Waals surface area contributed by atoms with E-state index in [0.717, 1.165) is 25.7 Å². The van der Waals surface area contributed by atoms with Gasteiger partial charge in [-0.2, -0.15) is 0 Å². The van der Waals surface area contributed by atoms with Crippen LogP contribution in [0, 0.1) is 5.82 Å². The number of urea groups is 1. The molecule has 0 atom stereocenters. The third-order valence-corrected chi connectivity index (χ3v) is 4.13. The van der Waals surface area contributed by atoms with Gasteiger partial charge in [0.05, 0.1) is 6.61 Å². The Morgan fingerprint density at radius 1 is 1.30 bits per heavy atom. The quantitative estimate of drug-likeness (QED) is 0.856. The highest BCUT2D eigenvalue weighted by Gasteiger charge is 2.45. The number of carbonyl (C=O) groups is 1. The summed E-state index contributed by atoms with van der Waals surface area (Å²) in [6, 6.07) is 5.75. The van der Waals surface area contributed by atoms with Crippen molar-refractivity contribution in [3.8, 4) is 0 Å². The highest BCUT2D eigenvalue weighted by molar-refractivity contribution is 5.89. The molecule has 4 nitrogen and oxygen atoms in total. The van der Waals surface area contributed by atoms with Crippen LogP contribution in [0.1, 0.15) is 32.1 Å². The summed E-state index contributed by atoms with van der Waals surface area (Å²) in [6.45, 7) is 1.18. The van der Waals surface area contributed by atoms with Crippen LogP contribution in [0.25, 0.3) is 0 Å². The van der Waals surface area contributed by atoms with Crippen molar-refractivity contribution in [3.63, 3.8) is 0 Å². The summed E-state index contributed by atoms with van der Waals surface area (Å²) in [5.74, 6) is -0.354. The van der Waals surface area contributed by atoms with Crippen LogP contribution in [0.15, 0.2) is 24.3 Å². The monoisotopic (exact) mass is 278 g/mol. The maximum atomic E-state index is 13.2. The molecule has 1 saturated carbocycles. The average Bonchev–Trinajstić information content (AvgIpc) is 2.83. The Hall–Kier alpha value is -1.62. The van der Waals surface area contributed by atoms with Gasteiger partial charge in [-0.15, -0.1) is 0 Å². The van der Waals surface area contributed by atoms with Crippen molar-refractivity contribution in [1.82, 2.24) is 4.90 Å². The van der Waals surface area contributed by atoms with Crippen molar-refractivity contribution >= 4 is 11.7 Å². The summed E-state index contributed by atoms with van der Waals surface area (Å²) < 4.78 is 19.0. The number of benzene rings is 1. The van der Waals surface area contributed by atoms with Gasteiger partial charge in [0.2, 0.25) is 0 Å². The Bertz CT molecular complexity index is 500. The van der Waals surface area contributed by atoms with Crippen molar-refractivity contribution < 1.29 is 13.9 Å². The van der Waals surface area contributed by atoms with Crippen molar-refractivity contribution in [2.45, 2.75) is 37.8 Å². The summed E-state index contributed by atoms with van der Waals surface area (Å²) in [5.41, 5.74) is 0.0446. The molecule has 2 aliphatic rings. The van der Waals surface area contributed by atoms with E-state index in [9.17, 15) is 9.18 Å². The van der Waals surface area contributed by atoms with E-state index in [0.29, 0.717) is 18.8 Å². The van der Waals surface area contributed by atoms with Crippen LogP contribution in [-0.2, 0) is 4.74 Å². The van der Waals surface area contributed by atoms with Crippen molar-refractivity contribution in [1.29, 1.82) is 0 Å². The lowest BCUT2D eigenvalue weighted by Crippen LogP contribution is -2.51. The van der Waals surface area contributed by atoms with Crippen LogP contribution in [0.5, 0.6) is 0 Å². The van der Waals surface area contributed by atoms with Gasteiger partial charge in [-0.05, 0) is 43.9 Å². The SMILES string of the molecule is O=C(Nc1cccc(F)c1)N1CCOC12CCCCC2. The summed E-state index contributed by atoms with van der Waals surface area (Å²) in [7, 11) is 0. The molecule has 1 saturated heterocycles. The Balaban J connectivity index is 1.73. The minimum atomic E-state index is -0.435. The van der Waals surface area contributed by atoms with Crippen LogP contribution in [0.4, 0.5) is 14.9 Å². The first kappa shape index (κ1) is 13.4. The summed E-state index contributed by atoms with van der Waals surface area (Å²) >= 11 is 0. The molecular weight excluding hydrogens is 259 g/mol. The van der Waals surface area contributed by atoms with E-state index in [2.05, 4.69) is 5.32 Å². The summed E-state index contributed by atoms with van der Waals surface area (Å²) in [5, 5.41) is 2.76. The zero-order valence-electron chi connectivity index (χ0n) is 11.4. The number of halogens is 1. The number of rotatable bonds is 1. The van der Waals surface area contributed by atoms with E-state index < -0.39 is 5.72 Å². The summed E-state index contributed by atoms with van der Waals surface area (Å²) in [6.07, 6.45) is 5.16. The van der Waals surface area contributed by atoms with Gasteiger partial charge in [0, 0.05) is 12.2 Å². The van der Waals surface area contributed by atoms with Gasteiger partial charge in [0.1, 0.15) is 11.5 Å². The molecule has 0 aromatic heterocycles. The van der Waals surface area contributed by atoms with Gasteiger partial charge in [-0.1, -0.05) is 12.5 Å². The van der Waals surface area contributed by atoms with Gasteiger partial charge in [0.15, 0.2) is 0 Å². The molecule has 0 bridgehead atoms. The number of ether oxygens (including phenoxy) is 1. The molecule has 1 aliphatic heterocycles. The first-order valence-corrected chi connectivity index (χ1v) is 7.18. The van der Waals surface area contributed by atoms with E-state index >= 15 is 0 Å². The van der Waals surface area contributed by atoms with E-state index in [1.165, 1.54) is 18.6 Å². The fourth-order valence-corrected chi connectivity index (χ4v) is 3.17. The average molecular weight is 278 g/mol. The molecule has 3 rings (SSSR count). The first-order chi connectivity index (χ1) is 9.70. The smallest absolute Gasteiger partial charge is 0.324 e. The van der Waals surface area contributed by atoms with Crippen molar-refractivity contribution in [2.75, 3.05) is 18.5 Å². The normalized spacial score (nSPS) is 21.1. The molecular formula is C15H19FN2O2. The van der Waals surface area contributed by atoms with Gasteiger partial charge in [0.25, 0.3) is 0 Å². The lowest BCUT2D eigenvalue weighted by atomic mass is 9.91. The maximum Gasteiger partial charge on any atom is 0.324 e. The van der Waals surface area contributed by atoms with E-state index in [1.807, 2.05) is 0 Å². The van der Waals surface area contributed by atoms with E-state index in [1.54, 1.807) is 17.0 Å². The van der Waals surface area contributed by atoms with Crippen LogP contribution in [-0.4, -0.2) is 29.8 Å². The van der Waals surface area contributed by atoms with Crippen molar-refractivity contribution in [3.05, 3.63) is 30.1 Å². The molecule has 1 heterocycles. The lowest BCUT2D eigenvalue weighted by molar-refractivity contribution is -0.0867. The fourth-order valence-electron chi connectivity index (χ4n) is 3.17. The Kier molecular flexibility index (Phi) is 3.61. The molecule has 2 amide bonds. The maximum absolute atomic E-state index is 13.2.